The summed E-state index contributed by atoms with van der Waals surface area (Å²) in [6, 6.07) is 0. The summed E-state index contributed by atoms with van der Waals surface area (Å²) in [4.78, 5) is 13.0. The molecule has 6 heteroatoms. The van der Waals surface area contributed by atoms with Crippen LogP contribution < -0.4 is 5.73 Å². The summed E-state index contributed by atoms with van der Waals surface area (Å²) in [5.41, 5.74) is 5.32. The maximum absolute atomic E-state index is 11.7. The van der Waals surface area contributed by atoms with E-state index in [1.807, 2.05) is 0 Å². The quantitative estimate of drug-likeness (QED) is 0.690. The van der Waals surface area contributed by atoms with Crippen molar-refractivity contribution in [3.05, 3.63) is 0 Å². The van der Waals surface area contributed by atoms with Gasteiger partial charge in [0, 0.05) is 13.6 Å². The van der Waals surface area contributed by atoms with Crippen molar-refractivity contribution in [3.8, 4) is 0 Å². The fourth-order valence-corrected chi connectivity index (χ4v) is 2.49. The summed E-state index contributed by atoms with van der Waals surface area (Å²) in [7, 11) is -1.70. The first-order chi connectivity index (χ1) is 7.35. The number of amides is 1. The van der Waals surface area contributed by atoms with Crippen LogP contribution in [0.2, 0.25) is 0 Å². The Morgan fingerprint density at radius 2 is 2.00 bits per heavy atom. The molecule has 0 saturated heterocycles. The van der Waals surface area contributed by atoms with Crippen LogP contribution in [0.25, 0.3) is 0 Å². The number of nitrogens with zero attached hydrogens (tertiary/aromatic N) is 1. The topological polar surface area (TPSA) is 80.5 Å². The standard InChI is InChI=1S/C10H22N2O3S/c1-4-9(2)16(14,15)8-10(13)12(3)7-5-6-11/h9H,4-8,11H2,1-3H3. The van der Waals surface area contributed by atoms with Crippen LogP contribution in [0.15, 0.2) is 0 Å². The van der Waals surface area contributed by atoms with Gasteiger partial charge < -0.3 is 10.6 Å². The van der Waals surface area contributed by atoms with Gasteiger partial charge in [-0.3, -0.25) is 4.79 Å². The monoisotopic (exact) mass is 250 g/mol. The van der Waals surface area contributed by atoms with Gasteiger partial charge in [0.1, 0.15) is 5.75 Å². The van der Waals surface area contributed by atoms with E-state index >= 15 is 0 Å². The zero-order chi connectivity index (χ0) is 12.8. The molecule has 0 radical (unpaired) electrons. The predicted molar refractivity (Wildman–Crippen MR) is 64.8 cm³/mol. The number of sulfone groups is 1. The Labute approximate surface area is 97.9 Å². The van der Waals surface area contributed by atoms with E-state index < -0.39 is 20.8 Å². The van der Waals surface area contributed by atoms with Crippen LogP contribution in [0.1, 0.15) is 26.7 Å². The third-order valence-corrected chi connectivity index (χ3v) is 4.84. The predicted octanol–water partition coefficient (Wildman–Crippen LogP) is 0.00690. The van der Waals surface area contributed by atoms with Crippen molar-refractivity contribution in [1.82, 2.24) is 4.90 Å². The summed E-state index contributed by atoms with van der Waals surface area (Å²) in [6.45, 7) is 4.43. The van der Waals surface area contributed by atoms with Gasteiger partial charge in [0.15, 0.2) is 9.84 Å². The molecule has 96 valence electrons. The first-order valence-corrected chi connectivity index (χ1v) is 7.22. The molecule has 0 aliphatic heterocycles. The molecule has 5 nitrogen and oxygen atoms in total. The first-order valence-electron chi connectivity index (χ1n) is 5.50. The Bertz CT molecular complexity index is 314. The molecule has 0 aliphatic rings. The lowest BCUT2D eigenvalue weighted by Gasteiger charge is -2.18. The van der Waals surface area contributed by atoms with Gasteiger partial charge in [0.2, 0.25) is 5.91 Å². The van der Waals surface area contributed by atoms with Gasteiger partial charge in [0.25, 0.3) is 0 Å². The van der Waals surface area contributed by atoms with Crippen LogP contribution in [0, 0.1) is 0 Å². The van der Waals surface area contributed by atoms with Gasteiger partial charge in [-0.25, -0.2) is 8.42 Å². The van der Waals surface area contributed by atoms with Gasteiger partial charge in [-0.15, -0.1) is 0 Å². The number of nitrogens with two attached hydrogens (primary N) is 1. The molecule has 0 spiro atoms. The summed E-state index contributed by atoms with van der Waals surface area (Å²) >= 11 is 0. The van der Waals surface area contributed by atoms with Crippen LogP contribution in [0.5, 0.6) is 0 Å². The van der Waals surface area contributed by atoms with E-state index in [1.54, 1.807) is 20.9 Å². The van der Waals surface area contributed by atoms with Crippen molar-refractivity contribution in [2.75, 3.05) is 25.9 Å². The Kier molecular flexibility index (Phi) is 6.59. The Morgan fingerprint density at radius 3 is 2.44 bits per heavy atom. The summed E-state index contributed by atoms with van der Waals surface area (Å²) in [6.07, 6.45) is 1.22. The van der Waals surface area contributed by atoms with Crippen LogP contribution in [0.4, 0.5) is 0 Å². The molecular weight excluding hydrogens is 228 g/mol. The van der Waals surface area contributed by atoms with Crippen molar-refractivity contribution in [2.24, 2.45) is 5.73 Å². The van der Waals surface area contributed by atoms with Crippen LogP contribution in [-0.2, 0) is 14.6 Å². The molecule has 1 unspecified atom stereocenters. The molecule has 0 aliphatic carbocycles. The lowest BCUT2D eigenvalue weighted by atomic mass is 10.4. The van der Waals surface area contributed by atoms with E-state index in [9.17, 15) is 13.2 Å². The van der Waals surface area contributed by atoms with Crippen molar-refractivity contribution in [1.29, 1.82) is 0 Å². The second-order valence-corrected chi connectivity index (χ2v) is 6.40. The Hall–Kier alpha value is -0.620. The van der Waals surface area contributed by atoms with Crippen molar-refractivity contribution < 1.29 is 13.2 Å². The molecule has 0 heterocycles. The van der Waals surface area contributed by atoms with E-state index in [0.717, 1.165) is 0 Å². The molecule has 1 atom stereocenters. The van der Waals surface area contributed by atoms with Gasteiger partial charge in [-0.1, -0.05) is 6.92 Å². The average molecular weight is 250 g/mol. The van der Waals surface area contributed by atoms with E-state index in [4.69, 9.17) is 5.73 Å². The van der Waals surface area contributed by atoms with Gasteiger partial charge in [0.05, 0.1) is 5.25 Å². The lowest BCUT2D eigenvalue weighted by molar-refractivity contribution is -0.127. The number of rotatable bonds is 7. The zero-order valence-corrected chi connectivity index (χ0v) is 11.1. The van der Waals surface area contributed by atoms with E-state index in [2.05, 4.69) is 0 Å². The highest BCUT2D eigenvalue weighted by atomic mass is 32.2. The van der Waals surface area contributed by atoms with Crippen LogP contribution in [0.3, 0.4) is 0 Å². The summed E-state index contributed by atoms with van der Waals surface area (Å²) in [5, 5.41) is -0.459. The SMILES string of the molecule is CCC(C)S(=O)(=O)CC(=O)N(C)CCCN. The third kappa shape index (κ3) is 4.94. The Balaban J connectivity index is 4.33. The first kappa shape index (κ1) is 15.4. The van der Waals surface area contributed by atoms with Crippen LogP contribution in [-0.4, -0.2) is 50.4 Å². The second kappa shape index (κ2) is 6.85. The molecule has 0 rings (SSSR count). The van der Waals surface area contributed by atoms with E-state index in [1.165, 1.54) is 4.90 Å². The van der Waals surface area contributed by atoms with Crippen LogP contribution >= 0.6 is 0 Å². The minimum Gasteiger partial charge on any atom is -0.345 e. The summed E-state index contributed by atoms with van der Waals surface area (Å²) in [5.74, 6) is -0.753. The third-order valence-electron chi connectivity index (χ3n) is 2.64. The van der Waals surface area contributed by atoms with Crippen molar-refractivity contribution in [3.63, 3.8) is 0 Å². The highest BCUT2D eigenvalue weighted by Crippen LogP contribution is 2.07. The largest absolute Gasteiger partial charge is 0.345 e. The molecule has 0 fully saturated rings. The molecule has 1 amide bonds. The highest BCUT2D eigenvalue weighted by Gasteiger charge is 2.24. The number of hydrogen-bond donors (Lipinski definition) is 1. The Morgan fingerprint density at radius 1 is 1.44 bits per heavy atom. The average Bonchev–Trinajstić information content (AvgIpc) is 2.23. The zero-order valence-electron chi connectivity index (χ0n) is 10.3. The molecule has 0 saturated carbocycles. The normalized spacial score (nSPS) is 13.5. The number of carbonyl (C=O) groups is 1. The van der Waals surface area contributed by atoms with Crippen molar-refractivity contribution in [2.45, 2.75) is 31.9 Å². The van der Waals surface area contributed by atoms with Gasteiger partial charge in [-0.2, -0.15) is 0 Å². The second-order valence-electron chi connectivity index (χ2n) is 3.98. The molecular formula is C10H22N2O3S. The molecule has 16 heavy (non-hydrogen) atoms. The smallest absolute Gasteiger partial charge is 0.237 e. The maximum Gasteiger partial charge on any atom is 0.237 e. The van der Waals surface area contributed by atoms with Crippen molar-refractivity contribution >= 4 is 15.7 Å². The van der Waals surface area contributed by atoms with Gasteiger partial charge in [-0.05, 0) is 26.3 Å². The van der Waals surface area contributed by atoms with Gasteiger partial charge >= 0.3 is 0 Å². The fourth-order valence-electron chi connectivity index (χ4n) is 1.13. The molecule has 0 aromatic carbocycles. The molecule has 2 N–H and O–H groups in total. The fraction of sp³-hybridized carbons (Fsp3) is 0.900. The minimum atomic E-state index is -3.30. The number of hydrogen-bond acceptors (Lipinski definition) is 4. The lowest BCUT2D eigenvalue weighted by Crippen LogP contribution is -2.36. The highest BCUT2D eigenvalue weighted by molar-refractivity contribution is 7.92. The number of carbonyl (C=O) groups excluding carboxylic acids is 1. The van der Waals surface area contributed by atoms with E-state index in [0.29, 0.717) is 25.9 Å². The minimum absolute atomic E-state index is 0.353. The maximum atomic E-state index is 11.7. The molecule has 0 aromatic rings. The summed E-state index contributed by atoms with van der Waals surface area (Å²) < 4.78 is 23.4. The molecule has 0 aromatic heterocycles. The molecule has 0 bridgehead atoms. The van der Waals surface area contributed by atoms with E-state index in [-0.39, 0.29) is 5.91 Å².